The summed E-state index contributed by atoms with van der Waals surface area (Å²) in [6.45, 7) is 19.0. The third-order valence-electron chi connectivity index (χ3n) is 11.2. The van der Waals surface area contributed by atoms with Gasteiger partial charge >= 0.3 is 12.1 Å². The highest BCUT2D eigenvalue weighted by Crippen LogP contribution is 2.43. The first-order valence-corrected chi connectivity index (χ1v) is 20.4. The summed E-state index contributed by atoms with van der Waals surface area (Å²) in [5, 5.41) is 7.86. The molecule has 4 heterocycles. The Morgan fingerprint density at radius 2 is 1.67 bits per heavy atom. The van der Waals surface area contributed by atoms with E-state index in [4.69, 9.17) is 30.9 Å². The van der Waals surface area contributed by atoms with Crippen LogP contribution in [-0.2, 0) is 29.5 Å². The van der Waals surface area contributed by atoms with Crippen molar-refractivity contribution < 1.29 is 28.2 Å². The van der Waals surface area contributed by atoms with E-state index in [0.29, 0.717) is 68.0 Å². The molecule has 3 aromatic carbocycles. The highest BCUT2D eigenvalue weighted by molar-refractivity contribution is 6.35. The van der Waals surface area contributed by atoms with E-state index in [2.05, 4.69) is 9.47 Å². The van der Waals surface area contributed by atoms with Crippen molar-refractivity contribution in [3.05, 3.63) is 82.0 Å². The number of amides is 1. The fourth-order valence-electron chi connectivity index (χ4n) is 8.71. The number of ether oxygens (including phenoxy) is 3. The van der Waals surface area contributed by atoms with Gasteiger partial charge in [0.05, 0.1) is 22.8 Å². The topological polar surface area (TPSA) is 91.1 Å². The summed E-state index contributed by atoms with van der Waals surface area (Å²) in [5.41, 5.74) is 4.53. The zero-order valence-corrected chi connectivity index (χ0v) is 35.4. The van der Waals surface area contributed by atoms with E-state index in [1.54, 1.807) is 6.07 Å². The van der Waals surface area contributed by atoms with E-state index in [9.17, 15) is 14.0 Å². The largest absolute Gasteiger partial charge is 0.493 e. The second kappa shape index (κ2) is 15.6. The number of rotatable bonds is 10. The van der Waals surface area contributed by atoms with Crippen LogP contribution in [0.5, 0.6) is 5.75 Å². The molecule has 304 valence electrons. The molecule has 0 radical (unpaired) electrons. The first-order chi connectivity index (χ1) is 26.9. The number of halogens is 2. The van der Waals surface area contributed by atoms with Gasteiger partial charge in [-0.05, 0) is 128 Å². The Balaban J connectivity index is 1.27. The van der Waals surface area contributed by atoms with Gasteiger partial charge < -0.3 is 23.7 Å². The predicted molar refractivity (Wildman–Crippen MR) is 223 cm³/mol. The van der Waals surface area contributed by atoms with Crippen molar-refractivity contribution >= 4 is 45.3 Å². The van der Waals surface area contributed by atoms with E-state index in [1.165, 1.54) is 12.1 Å². The Kier molecular flexibility index (Phi) is 11.1. The van der Waals surface area contributed by atoms with Crippen LogP contribution >= 0.6 is 11.6 Å². The smallest absolute Gasteiger partial charge is 0.410 e. The fourth-order valence-corrected chi connectivity index (χ4v) is 8.96. The van der Waals surface area contributed by atoms with Gasteiger partial charge in [0.25, 0.3) is 0 Å². The lowest BCUT2D eigenvalue weighted by Crippen LogP contribution is -2.40. The summed E-state index contributed by atoms with van der Waals surface area (Å²) in [6.07, 6.45) is 1.84. The van der Waals surface area contributed by atoms with Crippen molar-refractivity contribution in [2.24, 2.45) is 13.0 Å². The van der Waals surface area contributed by atoms with Gasteiger partial charge in [-0.2, -0.15) is 5.10 Å². The number of nitrogens with zero attached hydrogens (tertiary/aromatic N) is 5. The minimum Gasteiger partial charge on any atom is -0.493 e. The first-order valence-electron chi connectivity index (χ1n) is 20.0. The predicted octanol–water partition coefficient (Wildman–Crippen LogP) is 9.51. The molecule has 1 amide bonds. The Morgan fingerprint density at radius 1 is 0.930 bits per heavy atom. The van der Waals surface area contributed by atoms with Crippen LogP contribution < -0.4 is 4.74 Å². The zero-order chi connectivity index (χ0) is 41.0. The molecule has 0 bridgehead atoms. The molecule has 2 aliphatic heterocycles. The van der Waals surface area contributed by atoms with Crippen LogP contribution in [0.4, 0.5) is 9.18 Å². The third kappa shape index (κ3) is 8.37. The number of carbonyl (C=O) groups excluding carboxylic acids is 2. The molecule has 7 rings (SSSR count). The first kappa shape index (κ1) is 40.6. The lowest BCUT2D eigenvalue weighted by molar-refractivity contribution is 0.00551. The van der Waals surface area contributed by atoms with Crippen LogP contribution in [0.15, 0.2) is 48.5 Å². The highest BCUT2D eigenvalue weighted by Gasteiger charge is 2.44. The maximum atomic E-state index is 14.6. The van der Waals surface area contributed by atoms with Crippen molar-refractivity contribution in [2.45, 2.75) is 98.4 Å². The number of hydrogen-bond acceptors (Lipinski definition) is 7. The molecule has 0 aliphatic carbocycles. The Hall–Kier alpha value is -4.61. The molecule has 2 saturated heterocycles. The molecule has 2 aliphatic rings. The number of aromatic nitrogens is 3. The van der Waals surface area contributed by atoms with E-state index >= 15 is 0 Å². The number of hydrogen-bond donors (Lipinski definition) is 0. The molecular weight excluding hydrogens is 745 g/mol. The van der Waals surface area contributed by atoms with Crippen molar-refractivity contribution in [2.75, 3.05) is 32.8 Å². The van der Waals surface area contributed by atoms with Crippen LogP contribution in [0.2, 0.25) is 5.02 Å². The number of benzene rings is 3. The van der Waals surface area contributed by atoms with Gasteiger partial charge in [0.2, 0.25) is 0 Å². The second-order valence-corrected chi connectivity index (χ2v) is 18.0. The van der Waals surface area contributed by atoms with Gasteiger partial charge in [-0.1, -0.05) is 29.8 Å². The van der Waals surface area contributed by atoms with Crippen molar-refractivity contribution in [3.8, 4) is 16.9 Å². The Bertz CT molecular complexity index is 2340. The molecule has 0 saturated carbocycles. The minimum absolute atomic E-state index is 0.192. The van der Waals surface area contributed by atoms with Crippen molar-refractivity contribution in [1.82, 2.24) is 24.1 Å². The lowest BCUT2D eigenvalue weighted by atomic mass is 9.98. The van der Waals surface area contributed by atoms with Gasteiger partial charge in [-0.3, -0.25) is 9.58 Å². The molecule has 2 atom stereocenters. The number of aryl methyl sites for hydroxylation is 3. The van der Waals surface area contributed by atoms with Crippen molar-refractivity contribution in [3.63, 3.8) is 0 Å². The minimum atomic E-state index is -0.735. The van der Waals surface area contributed by atoms with Crippen LogP contribution in [0.1, 0.15) is 81.8 Å². The average Bonchev–Trinajstić information content (AvgIpc) is 3.85. The fraction of sp³-hybridized carbons (Fsp3) is 0.489. The number of likely N-dealkylation sites (tertiary alicyclic amines) is 2. The SMILES string of the molecule is Cc1nn(C)c(C)c1-c1c(Cl)ccc2c(CCCOc3cccc4cc(F)ccc34)c(C(=O)OC(C)(C)C)n(CCN3CCC4CN(C(=O)OC(C)(C)C)CC43)c12. The van der Waals surface area contributed by atoms with Crippen LogP contribution in [0, 0.1) is 25.6 Å². The molecule has 10 nitrogen and oxygen atoms in total. The Morgan fingerprint density at radius 3 is 2.37 bits per heavy atom. The number of carbonyl (C=O) groups is 2. The quantitative estimate of drug-likeness (QED) is 0.103. The monoisotopic (exact) mass is 799 g/mol. The van der Waals surface area contributed by atoms with Gasteiger partial charge in [0.15, 0.2) is 0 Å². The summed E-state index contributed by atoms with van der Waals surface area (Å²) < 4.78 is 36.2. The average molecular weight is 800 g/mol. The summed E-state index contributed by atoms with van der Waals surface area (Å²) in [5.74, 6) is 0.340. The van der Waals surface area contributed by atoms with E-state index in [1.807, 2.05) is 102 Å². The lowest BCUT2D eigenvalue weighted by Gasteiger charge is -2.27. The third-order valence-corrected chi connectivity index (χ3v) is 11.5. The van der Waals surface area contributed by atoms with Crippen LogP contribution in [-0.4, -0.2) is 86.2 Å². The van der Waals surface area contributed by atoms with Crippen molar-refractivity contribution in [1.29, 1.82) is 0 Å². The Labute approximate surface area is 339 Å². The molecule has 5 aromatic rings. The van der Waals surface area contributed by atoms with Gasteiger partial charge in [0.1, 0.15) is 28.5 Å². The summed E-state index contributed by atoms with van der Waals surface area (Å²) >= 11 is 7.18. The summed E-state index contributed by atoms with van der Waals surface area (Å²) in [7, 11) is 1.93. The normalized spacial score (nSPS) is 17.5. The number of fused-ring (bicyclic) bond motifs is 3. The molecule has 0 N–H and O–H groups in total. The summed E-state index contributed by atoms with van der Waals surface area (Å²) in [4.78, 5) is 31.9. The molecular formula is C45H55ClFN5O5. The van der Waals surface area contributed by atoms with Gasteiger partial charge in [0, 0.05) is 66.9 Å². The highest BCUT2D eigenvalue weighted by atomic mass is 35.5. The molecule has 57 heavy (non-hydrogen) atoms. The van der Waals surface area contributed by atoms with E-state index in [0.717, 1.165) is 62.7 Å². The van der Waals surface area contributed by atoms with Gasteiger partial charge in [-0.25, -0.2) is 14.0 Å². The molecule has 0 spiro atoms. The van der Waals surface area contributed by atoms with Gasteiger partial charge in [-0.15, -0.1) is 0 Å². The standard InChI is InChI=1S/C45H55ClFN5O5/c1-27-38(28(2)49(9)48-27)39-35(46)18-17-34-33(13-11-23-55-37-14-10-12-29-24-31(47)15-16-32(29)37)41(42(53)56-44(3,4)5)52(40(34)39)22-21-50-20-19-30-25-51(26-36(30)50)43(54)57-45(6,7)8/h10,12,14-18,24,30,36H,11,13,19-23,25-26H2,1-9H3. The molecule has 2 unspecified atom stereocenters. The molecule has 2 fully saturated rings. The second-order valence-electron chi connectivity index (χ2n) is 17.6. The maximum absolute atomic E-state index is 14.6. The van der Waals surface area contributed by atoms with Crippen LogP contribution in [0.3, 0.4) is 0 Å². The number of esters is 1. The van der Waals surface area contributed by atoms with E-state index < -0.39 is 17.2 Å². The summed E-state index contributed by atoms with van der Waals surface area (Å²) in [6, 6.07) is 14.4. The zero-order valence-electron chi connectivity index (χ0n) is 34.7. The van der Waals surface area contributed by atoms with Crippen LogP contribution in [0.25, 0.3) is 32.8 Å². The van der Waals surface area contributed by atoms with E-state index in [-0.39, 0.29) is 18.0 Å². The molecule has 2 aromatic heterocycles. The maximum Gasteiger partial charge on any atom is 0.410 e. The molecule has 12 heteroatoms.